The molecule has 132 valence electrons. The molecule has 5 heteroatoms. The maximum atomic E-state index is 12.3. The molecule has 0 spiro atoms. The molecule has 2 amide bonds. The summed E-state index contributed by atoms with van der Waals surface area (Å²) in [4.78, 5) is 28.4. The van der Waals surface area contributed by atoms with E-state index in [1.165, 1.54) is 11.1 Å². The summed E-state index contributed by atoms with van der Waals surface area (Å²) in [7, 11) is 0. The maximum absolute atomic E-state index is 12.3. The van der Waals surface area contributed by atoms with Gasteiger partial charge in [0.2, 0.25) is 11.8 Å². The second kappa shape index (κ2) is 8.56. The molecule has 0 saturated carbocycles. The Labute approximate surface area is 149 Å². The summed E-state index contributed by atoms with van der Waals surface area (Å²) in [6, 6.07) is 8.33. The smallest absolute Gasteiger partial charge is 0.233 e. The molecule has 1 aliphatic heterocycles. The Morgan fingerprint density at radius 3 is 2.79 bits per heavy atom. The highest BCUT2D eigenvalue weighted by molar-refractivity contribution is 8.00. The van der Waals surface area contributed by atoms with Gasteiger partial charge in [-0.05, 0) is 25.3 Å². The minimum atomic E-state index is 0.0660. The number of aryl methyl sites for hydroxylation is 1. The topological polar surface area (TPSA) is 40.6 Å². The summed E-state index contributed by atoms with van der Waals surface area (Å²) in [6.45, 7) is 10.1. The molecule has 0 unspecified atom stereocenters. The van der Waals surface area contributed by atoms with Crippen LogP contribution in [-0.4, -0.2) is 47.0 Å². The standard InChI is InChI=1S/C19H28N2O2S/c1-5-20(17(22)11-14(2)3)9-10-21-18(23)13-24-19(21)16-8-6-7-15(4)12-16/h6-8,12,14,19H,5,9-11,13H2,1-4H3/t19-/m1/s1. The average Bonchev–Trinajstić information content (AvgIpc) is 2.88. The van der Waals surface area contributed by atoms with Gasteiger partial charge in [0.25, 0.3) is 0 Å². The number of benzene rings is 1. The van der Waals surface area contributed by atoms with E-state index in [0.717, 1.165) is 0 Å². The van der Waals surface area contributed by atoms with Crippen LogP contribution in [0.15, 0.2) is 24.3 Å². The molecule has 1 aromatic carbocycles. The van der Waals surface area contributed by atoms with Crippen molar-refractivity contribution in [2.24, 2.45) is 5.92 Å². The Kier molecular flexibility index (Phi) is 6.72. The van der Waals surface area contributed by atoms with Crippen LogP contribution in [0, 0.1) is 12.8 Å². The summed E-state index contributed by atoms with van der Waals surface area (Å²) in [5, 5.41) is 0.0660. The van der Waals surface area contributed by atoms with Crippen LogP contribution in [0.1, 0.15) is 43.7 Å². The highest BCUT2D eigenvalue weighted by atomic mass is 32.2. The van der Waals surface area contributed by atoms with E-state index in [2.05, 4.69) is 39.0 Å². The first-order valence-corrected chi connectivity index (χ1v) is 9.72. The fourth-order valence-electron chi connectivity index (χ4n) is 2.96. The summed E-state index contributed by atoms with van der Waals surface area (Å²) in [6.07, 6.45) is 0.567. The zero-order valence-corrected chi connectivity index (χ0v) is 15.9. The molecule has 0 N–H and O–H groups in total. The summed E-state index contributed by atoms with van der Waals surface area (Å²) < 4.78 is 0. The molecule has 2 rings (SSSR count). The minimum Gasteiger partial charge on any atom is -0.341 e. The zero-order chi connectivity index (χ0) is 17.7. The van der Waals surface area contributed by atoms with Gasteiger partial charge in [-0.2, -0.15) is 0 Å². The molecule has 1 heterocycles. The van der Waals surface area contributed by atoms with Crippen molar-refractivity contribution >= 4 is 23.6 Å². The molecule has 0 aromatic heterocycles. The Morgan fingerprint density at radius 2 is 2.17 bits per heavy atom. The third-order valence-corrected chi connectivity index (χ3v) is 5.48. The Balaban J connectivity index is 2.03. The maximum Gasteiger partial charge on any atom is 0.233 e. The third kappa shape index (κ3) is 4.76. The molecule has 1 aromatic rings. The van der Waals surface area contributed by atoms with E-state index in [1.54, 1.807) is 11.8 Å². The van der Waals surface area contributed by atoms with Crippen LogP contribution in [-0.2, 0) is 9.59 Å². The number of hydrogen-bond donors (Lipinski definition) is 0. The second-order valence-electron chi connectivity index (χ2n) is 6.74. The zero-order valence-electron chi connectivity index (χ0n) is 15.1. The Morgan fingerprint density at radius 1 is 1.42 bits per heavy atom. The summed E-state index contributed by atoms with van der Waals surface area (Å²) in [5.74, 6) is 1.22. The lowest BCUT2D eigenvalue weighted by atomic mass is 10.1. The van der Waals surface area contributed by atoms with Crippen LogP contribution in [0.25, 0.3) is 0 Å². The quantitative estimate of drug-likeness (QED) is 0.758. The van der Waals surface area contributed by atoms with Crippen molar-refractivity contribution < 1.29 is 9.59 Å². The van der Waals surface area contributed by atoms with E-state index in [0.29, 0.717) is 37.7 Å². The van der Waals surface area contributed by atoms with Gasteiger partial charge >= 0.3 is 0 Å². The first-order chi connectivity index (χ1) is 11.4. The molecule has 1 aliphatic rings. The average molecular weight is 349 g/mol. The van der Waals surface area contributed by atoms with E-state index in [4.69, 9.17) is 0 Å². The highest BCUT2D eigenvalue weighted by Gasteiger charge is 2.33. The van der Waals surface area contributed by atoms with Crippen molar-refractivity contribution in [3.8, 4) is 0 Å². The van der Waals surface area contributed by atoms with Crippen LogP contribution in [0.3, 0.4) is 0 Å². The monoisotopic (exact) mass is 348 g/mol. The first-order valence-electron chi connectivity index (χ1n) is 8.67. The fraction of sp³-hybridized carbons (Fsp3) is 0.579. The number of likely N-dealkylation sites (N-methyl/N-ethyl adjacent to an activating group) is 1. The molecule has 1 atom stereocenters. The van der Waals surface area contributed by atoms with Crippen LogP contribution in [0.2, 0.25) is 0 Å². The molecular formula is C19H28N2O2S. The summed E-state index contributed by atoms with van der Waals surface area (Å²) >= 11 is 1.67. The predicted molar refractivity (Wildman–Crippen MR) is 99.8 cm³/mol. The lowest BCUT2D eigenvalue weighted by Gasteiger charge is -2.28. The van der Waals surface area contributed by atoms with E-state index < -0.39 is 0 Å². The molecule has 1 saturated heterocycles. The number of rotatable bonds is 7. The van der Waals surface area contributed by atoms with E-state index in [-0.39, 0.29) is 17.2 Å². The normalized spacial score (nSPS) is 17.6. The number of carbonyl (C=O) groups excluding carboxylic acids is 2. The van der Waals surface area contributed by atoms with Gasteiger partial charge in [-0.3, -0.25) is 9.59 Å². The Bertz CT molecular complexity index is 588. The van der Waals surface area contributed by atoms with Gasteiger partial charge in [0.05, 0.1) is 5.75 Å². The predicted octanol–water partition coefficient (Wildman–Crippen LogP) is 3.46. The molecule has 0 radical (unpaired) electrons. The van der Waals surface area contributed by atoms with Crippen LogP contribution in [0.4, 0.5) is 0 Å². The molecule has 24 heavy (non-hydrogen) atoms. The van der Waals surface area contributed by atoms with Gasteiger partial charge in [0, 0.05) is 26.1 Å². The number of amides is 2. The van der Waals surface area contributed by atoms with Crippen molar-refractivity contribution in [3.63, 3.8) is 0 Å². The molecular weight excluding hydrogens is 320 g/mol. The molecule has 0 bridgehead atoms. The fourth-order valence-corrected chi connectivity index (χ4v) is 4.17. The van der Waals surface area contributed by atoms with Crippen molar-refractivity contribution in [1.82, 2.24) is 9.80 Å². The summed E-state index contributed by atoms with van der Waals surface area (Å²) in [5.41, 5.74) is 2.37. The SMILES string of the molecule is CCN(CCN1C(=O)CS[C@@H]1c1cccc(C)c1)C(=O)CC(C)C. The molecule has 4 nitrogen and oxygen atoms in total. The van der Waals surface area contributed by atoms with Gasteiger partial charge < -0.3 is 9.80 Å². The van der Waals surface area contributed by atoms with Gasteiger partial charge in [-0.15, -0.1) is 11.8 Å². The second-order valence-corrected chi connectivity index (χ2v) is 7.80. The van der Waals surface area contributed by atoms with Crippen molar-refractivity contribution in [2.45, 2.75) is 39.5 Å². The van der Waals surface area contributed by atoms with Crippen molar-refractivity contribution in [2.75, 3.05) is 25.4 Å². The van der Waals surface area contributed by atoms with E-state index >= 15 is 0 Å². The van der Waals surface area contributed by atoms with Gasteiger partial charge in [-0.25, -0.2) is 0 Å². The van der Waals surface area contributed by atoms with Crippen LogP contribution < -0.4 is 0 Å². The lowest BCUT2D eigenvalue weighted by Crippen LogP contribution is -2.40. The number of hydrogen-bond acceptors (Lipinski definition) is 3. The first kappa shape index (κ1) is 18.8. The lowest BCUT2D eigenvalue weighted by molar-refractivity contribution is -0.134. The highest BCUT2D eigenvalue weighted by Crippen LogP contribution is 2.38. The molecule has 1 fully saturated rings. The Hall–Kier alpha value is -1.49. The third-order valence-electron chi connectivity index (χ3n) is 4.22. The largest absolute Gasteiger partial charge is 0.341 e. The number of thioether (sulfide) groups is 1. The van der Waals surface area contributed by atoms with E-state index in [1.807, 2.05) is 22.8 Å². The van der Waals surface area contributed by atoms with E-state index in [9.17, 15) is 9.59 Å². The number of nitrogens with zero attached hydrogens (tertiary/aromatic N) is 2. The van der Waals surface area contributed by atoms with Crippen molar-refractivity contribution in [1.29, 1.82) is 0 Å². The van der Waals surface area contributed by atoms with Crippen LogP contribution >= 0.6 is 11.8 Å². The van der Waals surface area contributed by atoms with Gasteiger partial charge in [-0.1, -0.05) is 43.7 Å². The van der Waals surface area contributed by atoms with Crippen LogP contribution in [0.5, 0.6) is 0 Å². The van der Waals surface area contributed by atoms with Crippen molar-refractivity contribution in [3.05, 3.63) is 35.4 Å². The molecule has 0 aliphatic carbocycles. The van der Waals surface area contributed by atoms with Gasteiger partial charge in [0.1, 0.15) is 5.37 Å². The van der Waals surface area contributed by atoms with Gasteiger partial charge in [0.15, 0.2) is 0 Å². The number of carbonyl (C=O) groups is 2. The minimum absolute atomic E-state index is 0.0660.